The molecule has 0 bridgehead atoms. The van der Waals surface area contributed by atoms with Gasteiger partial charge in [0.2, 0.25) is 0 Å². The topological polar surface area (TPSA) is 18.5 Å². The number of hydrogen-bond acceptors (Lipinski definition) is 2. The van der Waals surface area contributed by atoms with Crippen molar-refractivity contribution < 1.29 is 35.8 Å². The quantitative estimate of drug-likeness (QED) is 0.351. The fraction of sp³-hybridized carbons (Fsp3) is 0.440. The van der Waals surface area contributed by atoms with Gasteiger partial charge in [0.1, 0.15) is 0 Å². The van der Waals surface area contributed by atoms with Crippen LogP contribution in [0, 0.1) is 0 Å². The molecule has 0 amide bonds. The summed E-state index contributed by atoms with van der Waals surface area (Å²) in [6, 6.07) is 11.4. The van der Waals surface area contributed by atoms with E-state index in [1.165, 1.54) is 0 Å². The first-order chi connectivity index (χ1) is 15.5. The number of ether oxygens (including phenoxy) is 2. The van der Waals surface area contributed by atoms with Crippen molar-refractivity contribution in [3.05, 3.63) is 82.9 Å². The molecule has 1 saturated carbocycles. The van der Waals surface area contributed by atoms with Crippen LogP contribution in [0.4, 0.5) is 26.3 Å². The predicted molar refractivity (Wildman–Crippen MR) is 111 cm³/mol. The molecule has 0 radical (unpaired) electrons. The summed E-state index contributed by atoms with van der Waals surface area (Å²) in [5, 5.41) is 0. The Kier molecular flexibility index (Phi) is 6.35. The number of benzene rings is 2. The van der Waals surface area contributed by atoms with Gasteiger partial charge in [-0.3, -0.25) is 0 Å². The highest BCUT2D eigenvalue weighted by molar-refractivity contribution is 5.36. The molecule has 178 valence electrons. The molecule has 1 saturated heterocycles. The molecule has 1 heterocycles. The van der Waals surface area contributed by atoms with Gasteiger partial charge in [0.05, 0.1) is 24.3 Å². The normalized spacial score (nSPS) is 20.5. The van der Waals surface area contributed by atoms with E-state index in [1.54, 1.807) is 6.08 Å². The Morgan fingerprint density at radius 2 is 1.30 bits per heavy atom. The van der Waals surface area contributed by atoms with Crippen LogP contribution in [0.5, 0.6) is 0 Å². The number of rotatable bonds is 4. The third-order valence-corrected chi connectivity index (χ3v) is 6.50. The first-order valence-corrected chi connectivity index (χ1v) is 10.8. The zero-order valence-electron chi connectivity index (χ0n) is 17.8. The van der Waals surface area contributed by atoms with E-state index in [4.69, 9.17) is 9.47 Å². The Balaban J connectivity index is 1.60. The second kappa shape index (κ2) is 8.80. The fourth-order valence-corrected chi connectivity index (χ4v) is 4.74. The summed E-state index contributed by atoms with van der Waals surface area (Å²) in [5.74, 6) is -0.589. The lowest BCUT2D eigenvalue weighted by molar-refractivity contribution is -0.182. The predicted octanol–water partition coefficient (Wildman–Crippen LogP) is 7.08. The van der Waals surface area contributed by atoms with Gasteiger partial charge in [-0.1, -0.05) is 42.5 Å². The van der Waals surface area contributed by atoms with Crippen molar-refractivity contribution in [3.63, 3.8) is 0 Å². The van der Waals surface area contributed by atoms with E-state index in [-0.39, 0.29) is 18.1 Å². The SMILES string of the molecule is FC(F)(F)c1cc(C/C=C/C2(c3ccccc3)CCC3(CC2)OCCO3)cc(C(F)(F)F)c1. The molecule has 0 N–H and O–H groups in total. The zero-order valence-corrected chi connectivity index (χ0v) is 17.8. The van der Waals surface area contributed by atoms with Crippen LogP contribution in [0.1, 0.15) is 47.9 Å². The lowest BCUT2D eigenvalue weighted by atomic mass is 9.67. The Morgan fingerprint density at radius 1 is 0.758 bits per heavy atom. The molecular formula is C25H24F6O2. The monoisotopic (exact) mass is 470 g/mol. The van der Waals surface area contributed by atoms with Crippen molar-refractivity contribution in [2.75, 3.05) is 13.2 Å². The molecular weight excluding hydrogens is 446 g/mol. The zero-order chi connectivity index (χ0) is 23.7. The molecule has 1 aliphatic carbocycles. The van der Waals surface area contributed by atoms with E-state index in [9.17, 15) is 26.3 Å². The van der Waals surface area contributed by atoms with E-state index >= 15 is 0 Å². The smallest absolute Gasteiger partial charge is 0.348 e. The number of allylic oxidation sites excluding steroid dienone is 2. The van der Waals surface area contributed by atoms with Crippen LogP contribution < -0.4 is 0 Å². The third kappa shape index (κ3) is 5.27. The highest BCUT2D eigenvalue weighted by Crippen LogP contribution is 2.47. The minimum Gasteiger partial charge on any atom is -0.348 e. The molecule has 0 aromatic heterocycles. The van der Waals surface area contributed by atoms with Gasteiger partial charge in [0, 0.05) is 18.3 Å². The van der Waals surface area contributed by atoms with Gasteiger partial charge in [0.25, 0.3) is 0 Å². The van der Waals surface area contributed by atoms with Crippen LogP contribution in [0.25, 0.3) is 0 Å². The molecule has 1 aliphatic heterocycles. The minimum absolute atomic E-state index is 0.0358. The van der Waals surface area contributed by atoms with Crippen molar-refractivity contribution in [2.45, 2.75) is 55.7 Å². The number of halogens is 6. The van der Waals surface area contributed by atoms with E-state index in [2.05, 4.69) is 0 Å². The van der Waals surface area contributed by atoms with E-state index in [1.807, 2.05) is 36.4 Å². The standard InChI is InChI=1S/C25H24F6O2/c26-24(27,28)20-15-18(16-21(17-20)25(29,30)31)5-4-8-22(19-6-2-1-3-7-19)9-11-23(12-10-22)32-13-14-33-23/h1-4,6-8,15-17H,5,9-14H2/b8-4+. The molecule has 4 rings (SSSR count). The average Bonchev–Trinajstić information content (AvgIpc) is 3.23. The van der Waals surface area contributed by atoms with Crippen LogP contribution in [0.15, 0.2) is 60.7 Å². The minimum atomic E-state index is -4.86. The Labute approximate surface area is 188 Å². The first-order valence-electron chi connectivity index (χ1n) is 10.8. The Hall–Kier alpha value is -2.32. The summed E-state index contributed by atoms with van der Waals surface area (Å²) < 4.78 is 90.6. The summed E-state index contributed by atoms with van der Waals surface area (Å²) in [7, 11) is 0. The van der Waals surface area contributed by atoms with Gasteiger partial charge in [0.15, 0.2) is 5.79 Å². The highest BCUT2D eigenvalue weighted by atomic mass is 19.4. The van der Waals surface area contributed by atoms with Gasteiger partial charge in [-0.05, 0) is 48.6 Å². The van der Waals surface area contributed by atoms with Gasteiger partial charge in [-0.2, -0.15) is 26.3 Å². The van der Waals surface area contributed by atoms with Crippen LogP contribution in [-0.2, 0) is 33.7 Å². The summed E-state index contributed by atoms with van der Waals surface area (Å²) in [4.78, 5) is 0. The first kappa shape index (κ1) is 23.8. The van der Waals surface area contributed by atoms with E-state index in [0.29, 0.717) is 38.9 Å². The summed E-state index contributed by atoms with van der Waals surface area (Å²) >= 11 is 0. The second-order valence-corrected chi connectivity index (χ2v) is 8.65. The molecule has 0 unspecified atom stereocenters. The number of hydrogen-bond donors (Lipinski definition) is 0. The second-order valence-electron chi connectivity index (χ2n) is 8.65. The van der Waals surface area contributed by atoms with Crippen LogP contribution >= 0.6 is 0 Å². The molecule has 2 nitrogen and oxygen atoms in total. The fourth-order valence-electron chi connectivity index (χ4n) is 4.74. The molecule has 0 atom stereocenters. The van der Waals surface area contributed by atoms with Crippen molar-refractivity contribution >= 4 is 0 Å². The molecule has 2 aromatic carbocycles. The largest absolute Gasteiger partial charge is 0.416 e. The maximum atomic E-state index is 13.2. The van der Waals surface area contributed by atoms with E-state index in [0.717, 1.165) is 17.7 Å². The summed E-state index contributed by atoms with van der Waals surface area (Å²) in [6.45, 7) is 1.09. The van der Waals surface area contributed by atoms with E-state index < -0.39 is 34.7 Å². The van der Waals surface area contributed by atoms with Crippen LogP contribution in [0.2, 0.25) is 0 Å². The van der Waals surface area contributed by atoms with Crippen LogP contribution in [0.3, 0.4) is 0 Å². The van der Waals surface area contributed by atoms with Crippen molar-refractivity contribution in [1.82, 2.24) is 0 Å². The molecule has 2 aliphatic rings. The van der Waals surface area contributed by atoms with Gasteiger partial charge in [-0.15, -0.1) is 0 Å². The lowest BCUT2D eigenvalue weighted by Gasteiger charge is -2.42. The maximum absolute atomic E-state index is 13.2. The van der Waals surface area contributed by atoms with Crippen molar-refractivity contribution in [1.29, 1.82) is 0 Å². The summed E-state index contributed by atoms with van der Waals surface area (Å²) in [6.07, 6.45) is -3.43. The Morgan fingerprint density at radius 3 is 1.82 bits per heavy atom. The average molecular weight is 470 g/mol. The van der Waals surface area contributed by atoms with Crippen molar-refractivity contribution in [3.8, 4) is 0 Å². The molecule has 2 fully saturated rings. The van der Waals surface area contributed by atoms with Gasteiger partial charge >= 0.3 is 12.4 Å². The van der Waals surface area contributed by atoms with Gasteiger partial charge < -0.3 is 9.47 Å². The highest BCUT2D eigenvalue weighted by Gasteiger charge is 2.46. The van der Waals surface area contributed by atoms with Gasteiger partial charge in [-0.25, -0.2) is 0 Å². The Bertz CT molecular complexity index is 946. The number of alkyl halides is 6. The maximum Gasteiger partial charge on any atom is 0.416 e. The molecule has 1 spiro atoms. The van der Waals surface area contributed by atoms with Crippen molar-refractivity contribution in [2.24, 2.45) is 0 Å². The molecule has 8 heteroatoms. The summed E-state index contributed by atoms with van der Waals surface area (Å²) in [5.41, 5.74) is -1.97. The molecule has 2 aromatic rings. The molecule has 33 heavy (non-hydrogen) atoms. The lowest BCUT2D eigenvalue weighted by Crippen LogP contribution is -2.41. The third-order valence-electron chi connectivity index (χ3n) is 6.50. The van der Waals surface area contributed by atoms with Crippen LogP contribution in [-0.4, -0.2) is 19.0 Å².